The summed E-state index contributed by atoms with van der Waals surface area (Å²) in [6, 6.07) is 1.18. The van der Waals surface area contributed by atoms with Crippen LogP contribution in [0, 0.1) is 11.8 Å². The van der Waals surface area contributed by atoms with Crippen molar-refractivity contribution in [2.45, 2.75) is 45.2 Å². The molecule has 0 aromatic heterocycles. The molecular weight excluding hydrogens is 238 g/mol. The lowest BCUT2D eigenvalue weighted by molar-refractivity contribution is -0.138. The van der Waals surface area contributed by atoms with Gasteiger partial charge in [0.05, 0.1) is 0 Å². The number of carbonyl (C=O) groups is 1. The van der Waals surface area contributed by atoms with E-state index in [-0.39, 0.29) is 5.92 Å². The van der Waals surface area contributed by atoms with Crippen LogP contribution in [-0.2, 0) is 4.79 Å². The van der Waals surface area contributed by atoms with Gasteiger partial charge in [-0.1, -0.05) is 0 Å². The first-order valence-electron chi connectivity index (χ1n) is 7.89. The van der Waals surface area contributed by atoms with Gasteiger partial charge >= 0.3 is 0 Å². The number of fused-ring (bicyclic) bond motifs is 2. The van der Waals surface area contributed by atoms with Gasteiger partial charge in [0.15, 0.2) is 0 Å². The Morgan fingerprint density at radius 3 is 2.58 bits per heavy atom. The highest BCUT2D eigenvalue weighted by molar-refractivity contribution is 5.79. The lowest BCUT2D eigenvalue weighted by atomic mass is 9.92. The number of hydrogen-bond acceptors (Lipinski definition) is 3. The van der Waals surface area contributed by atoms with Crippen LogP contribution in [0.2, 0.25) is 0 Å². The molecular formula is C15H27N3O. The fourth-order valence-electron chi connectivity index (χ4n) is 3.93. The van der Waals surface area contributed by atoms with Crippen LogP contribution in [0.3, 0.4) is 0 Å². The zero-order valence-corrected chi connectivity index (χ0v) is 12.3. The van der Waals surface area contributed by atoms with E-state index >= 15 is 0 Å². The predicted molar refractivity (Wildman–Crippen MR) is 75.9 cm³/mol. The Bertz CT molecular complexity index is 324. The molecule has 0 radical (unpaired) electrons. The Kier molecular flexibility index (Phi) is 3.81. The van der Waals surface area contributed by atoms with Crippen LogP contribution in [0.1, 0.15) is 33.1 Å². The molecule has 4 nitrogen and oxygen atoms in total. The third-order valence-electron chi connectivity index (χ3n) is 5.15. The minimum atomic E-state index is 0.285. The number of hydrogen-bond donors (Lipinski definition) is 1. The van der Waals surface area contributed by atoms with Crippen LogP contribution < -0.4 is 5.32 Å². The van der Waals surface area contributed by atoms with Crippen LogP contribution in [0.25, 0.3) is 0 Å². The SMILES string of the molecule is CC(C)N1CCC(C(=O)N2CC3CNC(C3)C2)CC1. The largest absolute Gasteiger partial charge is 0.341 e. The highest BCUT2D eigenvalue weighted by Crippen LogP contribution is 2.26. The van der Waals surface area contributed by atoms with Crippen molar-refractivity contribution in [3.8, 4) is 0 Å². The highest BCUT2D eigenvalue weighted by atomic mass is 16.2. The lowest BCUT2D eigenvalue weighted by Crippen LogP contribution is -2.49. The van der Waals surface area contributed by atoms with Crippen LogP contribution in [0.5, 0.6) is 0 Å². The Hall–Kier alpha value is -0.610. The second-order valence-electron chi connectivity index (χ2n) is 6.85. The molecule has 1 N–H and O–H groups in total. The molecule has 3 heterocycles. The maximum absolute atomic E-state index is 12.6. The van der Waals surface area contributed by atoms with Crippen molar-refractivity contribution in [3.63, 3.8) is 0 Å². The van der Waals surface area contributed by atoms with Gasteiger partial charge in [-0.15, -0.1) is 0 Å². The molecule has 4 heteroatoms. The summed E-state index contributed by atoms with van der Waals surface area (Å²) < 4.78 is 0. The number of piperidine rings is 2. The van der Waals surface area contributed by atoms with Crippen LogP contribution >= 0.6 is 0 Å². The van der Waals surface area contributed by atoms with E-state index in [1.807, 2.05) is 0 Å². The molecule has 0 aromatic rings. The number of carbonyl (C=O) groups excluding carboxylic acids is 1. The maximum Gasteiger partial charge on any atom is 0.225 e. The third-order valence-corrected chi connectivity index (χ3v) is 5.15. The third kappa shape index (κ3) is 2.79. The summed E-state index contributed by atoms with van der Waals surface area (Å²) in [6.45, 7) is 9.72. The van der Waals surface area contributed by atoms with Crippen LogP contribution in [0.4, 0.5) is 0 Å². The lowest BCUT2D eigenvalue weighted by Gasteiger charge is -2.38. The minimum Gasteiger partial charge on any atom is -0.341 e. The Morgan fingerprint density at radius 2 is 1.95 bits per heavy atom. The molecule has 0 saturated carbocycles. The van der Waals surface area contributed by atoms with Gasteiger partial charge in [-0.2, -0.15) is 0 Å². The standard InChI is InChI=1S/C15H27N3O/c1-11(2)17-5-3-13(4-6-17)15(19)18-9-12-7-14(10-18)16-8-12/h11-14,16H,3-10H2,1-2H3. The second kappa shape index (κ2) is 5.41. The van der Waals surface area contributed by atoms with Crippen molar-refractivity contribution < 1.29 is 4.79 Å². The van der Waals surface area contributed by atoms with Gasteiger partial charge in [-0.25, -0.2) is 0 Å². The number of likely N-dealkylation sites (tertiary alicyclic amines) is 2. The number of amides is 1. The molecule has 3 saturated heterocycles. The molecule has 3 aliphatic heterocycles. The zero-order valence-electron chi connectivity index (χ0n) is 12.3. The van der Waals surface area contributed by atoms with Gasteiger partial charge in [-0.05, 0) is 52.1 Å². The molecule has 3 rings (SSSR count). The predicted octanol–water partition coefficient (Wildman–Crippen LogP) is 0.927. The molecule has 3 aliphatic rings. The molecule has 108 valence electrons. The van der Waals surface area contributed by atoms with Crippen molar-refractivity contribution in [1.29, 1.82) is 0 Å². The van der Waals surface area contributed by atoms with E-state index in [1.54, 1.807) is 0 Å². The van der Waals surface area contributed by atoms with Gasteiger partial charge < -0.3 is 15.1 Å². The topological polar surface area (TPSA) is 35.6 Å². The van der Waals surface area contributed by atoms with Crippen molar-refractivity contribution in [3.05, 3.63) is 0 Å². The molecule has 3 fully saturated rings. The van der Waals surface area contributed by atoms with E-state index in [2.05, 4.69) is 29.0 Å². The van der Waals surface area contributed by atoms with Crippen molar-refractivity contribution in [1.82, 2.24) is 15.1 Å². The summed E-state index contributed by atoms with van der Waals surface area (Å²) in [4.78, 5) is 17.3. The first-order chi connectivity index (χ1) is 9.13. The minimum absolute atomic E-state index is 0.285. The fraction of sp³-hybridized carbons (Fsp3) is 0.933. The smallest absolute Gasteiger partial charge is 0.225 e. The second-order valence-corrected chi connectivity index (χ2v) is 6.85. The van der Waals surface area contributed by atoms with E-state index in [1.165, 1.54) is 6.42 Å². The number of rotatable bonds is 2. The van der Waals surface area contributed by atoms with E-state index in [4.69, 9.17) is 0 Å². The van der Waals surface area contributed by atoms with Crippen LogP contribution in [0.15, 0.2) is 0 Å². The van der Waals surface area contributed by atoms with Crippen molar-refractivity contribution in [2.24, 2.45) is 11.8 Å². The van der Waals surface area contributed by atoms with E-state index < -0.39 is 0 Å². The fourth-order valence-corrected chi connectivity index (χ4v) is 3.93. The molecule has 1 amide bonds. The molecule has 2 unspecified atom stereocenters. The summed E-state index contributed by atoms with van der Waals surface area (Å²) in [5.74, 6) is 1.42. The van der Waals surface area contributed by atoms with E-state index in [0.717, 1.165) is 45.6 Å². The van der Waals surface area contributed by atoms with Gasteiger partial charge in [0.2, 0.25) is 5.91 Å². The first kappa shape index (κ1) is 13.4. The van der Waals surface area contributed by atoms with Crippen molar-refractivity contribution >= 4 is 5.91 Å². The van der Waals surface area contributed by atoms with Gasteiger partial charge in [-0.3, -0.25) is 4.79 Å². The number of nitrogens with zero attached hydrogens (tertiary/aromatic N) is 2. The molecule has 0 aromatic carbocycles. The Balaban J connectivity index is 1.54. The molecule has 2 atom stereocenters. The molecule has 0 aliphatic carbocycles. The summed E-state index contributed by atoms with van der Waals surface area (Å²) in [7, 11) is 0. The summed E-state index contributed by atoms with van der Waals surface area (Å²) in [6.07, 6.45) is 3.38. The zero-order chi connectivity index (χ0) is 13.4. The Morgan fingerprint density at radius 1 is 1.21 bits per heavy atom. The number of nitrogens with one attached hydrogen (secondary N) is 1. The van der Waals surface area contributed by atoms with Gasteiger partial charge in [0.25, 0.3) is 0 Å². The molecule has 19 heavy (non-hydrogen) atoms. The normalized spacial score (nSPS) is 33.1. The summed E-state index contributed by atoms with van der Waals surface area (Å²) >= 11 is 0. The summed E-state index contributed by atoms with van der Waals surface area (Å²) in [5, 5.41) is 3.53. The average Bonchev–Trinajstić information content (AvgIpc) is 2.76. The summed E-state index contributed by atoms with van der Waals surface area (Å²) in [5.41, 5.74) is 0. The quantitative estimate of drug-likeness (QED) is 0.807. The maximum atomic E-state index is 12.6. The van der Waals surface area contributed by atoms with E-state index in [9.17, 15) is 4.79 Å². The Labute approximate surface area is 116 Å². The van der Waals surface area contributed by atoms with Gasteiger partial charge in [0.1, 0.15) is 0 Å². The monoisotopic (exact) mass is 265 g/mol. The van der Waals surface area contributed by atoms with Crippen LogP contribution in [-0.4, -0.2) is 60.5 Å². The van der Waals surface area contributed by atoms with E-state index in [0.29, 0.717) is 23.9 Å². The molecule has 2 bridgehead atoms. The average molecular weight is 265 g/mol. The van der Waals surface area contributed by atoms with Gasteiger partial charge in [0, 0.05) is 37.6 Å². The van der Waals surface area contributed by atoms with Crippen molar-refractivity contribution in [2.75, 3.05) is 32.7 Å². The first-order valence-corrected chi connectivity index (χ1v) is 7.89. The molecule has 0 spiro atoms. The highest BCUT2D eigenvalue weighted by Gasteiger charge is 2.37.